The lowest BCUT2D eigenvalue weighted by atomic mass is 10.2. The fourth-order valence-corrected chi connectivity index (χ4v) is 2.45. The smallest absolute Gasteiger partial charge is 0.271 e. The highest BCUT2D eigenvalue weighted by Gasteiger charge is 2.15. The third-order valence-electron chi connectivity index (χ3n) is 3.19. The Morgan fingerprint density at radius 1 is 1.30 bits per heavy atom. The Labute approximate surface area is 141 Å². The highest BCUT2D eigenvalue weighted by molar-refractivity contribution is 9.10. The number of methoxy groups -OCH3 is 1. The molecule has 0 bridgehead atoms. The molecule has 1 heterocycles. The first kappa shape index (κ1) is 15.4. The molecule has 0 fully saturated rings. The van der Waals surface area contributed by atoms with Crippen LogP contribution in [0.25, 0.3) is 0 Å². The highest BCUT2D eigenvalue weighted by Crippen LogP contribution is 2.36. The normalized spacial score (nSPS) is 12.4. The van der Waals surface area contributed by atoms with Gasteiger partial charge in [0.2, 0.25) is 6.79 Å². The Kier molecular flexibility index (Phi) is 4.47. The van der Waals surface area contributed by atoms with Crippen LogP contribution in [0, 0.1) is 0 Å². The second-order valence-electron chi connectivity index (χ2n) is 4.66. The van der Waals surface area contributed by atoms with E-state index in [0.717, 1.165) is 10.0 Å². The fourth-order valence-electron chi connectivity index (χ4n) is 2.02. The summed E-state index contributed by atoms with van der Waals surface area (Å²) in [5, 5.41) is 3.97. The molecule has 7 heteroatoms. The molecule has 118 valence electrons. The first-order valence-electron chi connectivity index (χ1n) is 6.74. The summed E-state index contributed by atoms with van der Waals surface area (Å²) in [6.07, 6.45) is 1.53. The summed E-state index contributed by atoms with van der Waals surface area (Å²) in [6.45, 7) is 0.203. The molecule has 2 aromatic carbocycles. The summed E-state index contributed by atoms with van der Waals surface area (Å²) in [4.78, 5) is 12.0. The zero-order valence-corrected chi connectivity index (χ0v) is 13.8. The van der Waals surface area contributed by atoms with Gasteiger partial charge in [0.1, 0.15) is 5.75 Å². The maximum absolute atomic E-state index is 12.0. The number of nitrogens with zero attached hydrogens (tertiary/aromatic N) is 1. The van der Waals surface area contributed by atoms with Crippen LogP contribution < -0.4 is 19.6 Å². The van der Waals surface area contributed by atoms with Crippen LogP contribution in [0.2, 0.25) is 0 Å². The lowest BCUT2D eigenvalue weighted by molar-refractivity contribution is 0.0955. The van der Waals surface area contributed by atoms with E-state index < -0.39 is 0 Å². The van der Waals surface area contributed by atoms with Crippen LogP contribution in [0.15, 0.2) is 46.0 Å². The second-order valence-corrected chi connectivity index (χ2v) is 5.51. The predicted octanol–water partition coefficient (Wildman–Crippen LogP) is 2.95. The maximum atomic E-state index is 12.0. The van der Waals surface area contributed by atoms with E-state index in [2.05, 4.69) is 26.5 Å². The van der Waals surface area contributed by atoms with Crippen LogP contribution in [-0.4, -0.2) is 26.0 Å². The van der Waals surface area contributed by atoms with E-state index in [4.69, 9.17) is 14.2 Å². The molecule has 0 aliphatic carbocycles. The molecule has 1 aliphatic heterocycles. The Morgan fingerprint density at radius 3 is 2.87 bits per heavy atom. The Hall–Kier alpha value is -2.54. The predicted molar refractivity (Wildman–Crippen MR) is 88.3 cm³/mol. The van der Waals surface area contributed by atoms with Crippen molar-refractivity contribution in [2.75, 3.05) is 13.9 Å². The molecule has 1 N–H and O–H groups in total. The molecule has 23 heavy (non-hydrogen) atoms. The van der Waals surface area contributed by atoms with Crippen molar-refractivity contribution in [2.24, 2.45) is 5.10 Å². The summed E-state index contributed by atoms with van der Waals surface area (Å²) < 4.78 is 16.5. The van der Waals surface area contributed by atoms with Gasteiger partial charge in [-0.25, -0.2) is 5.43 Å². The van der Waals surface area contributed by atoms with E-state index in [1.807, 2.05) is 0 Å². The minimum atomic E-state index is -0.322. The lowest BCUT2D eigenvalue weighted by Crippen LogP contribution is -2.17. The van der Waals surface area contributed by atoms with E-state index in [0.29, 0.717) is 22.8 Å². The lowest BCUT2D eigenvalue weighted by Gasteiger charge is -2.04. The van der Waals surface area contributed by atoms with E-state index in [1.165, 1.54) is 6.21 Å². The molecule has 0 aromatic heterocycles. The SMILES string of the molecule is COc1cccc(C(=O)NN=Cc2cc3c(cc2Br)OCO3)c1. The van der Waals surface area contributed by atoms with Gasteiger partial charge in [-0.05, 0) is 46.3 Å². The molecule has 0 spiro atoms. The number of carbonyl (C=O) groups excluding carboxylic acids is 1. The molecule has 0 saturated heterocycles. The topological polar surface area (TPSA) is 69.2 Å². The van der Waals surface area contributed by atoms with Crippen molar-refractivity contribution >= 4 is 28.1 Å². The molecular weight excluding hydrogens is 364 g/mol. The second kappa shape index (κ2) is 6.70. The van der Waals surface area contributed by atoms with Crippen LogP contribution >= 0.6 is 15.9 Å². The third kappa shape index (κ3) is 3.45. The summed E-state index contributed by atoms with van der Waals surface area (Å²) in [7, 11) is 1.55. The largest absolute Gasteiger partial charge is 0.497 e. The summed E-state index contributed by atoms with van der Waals surface area (Å²) in [5.74, 6) is 1.61. The number of amides is 1. The third-order valence-corrected chi connectivity index (χ3v) is 3.88. The van der Waals surface area contributed by atoms with Gasteiger partial charge in [-0.15, -0.1) is 0 Å². The van der Waals surface area contributed by atoms with Gasteiger partial charge in [0.15, 0.2) is 11.5 Å². The van der Waals surface area contributed by atoms with Crippen LogP contribution in [0.1, 0.15) is 15.9 Å². The molecular formula is C16H13BrN2O4. The summed E-state index contributed by atoms with van der Waals surface area (Å²) >= 11 is 3.42. The molecule has 1 aliphatic rings. The van der Waals surface area contributed by atoms with Crippen molar-refractivity contribution in [3.8, 4) is 17.2 Å². The number of ether oxygens (including phenoxy) is 3. The number of carbonyl (C=O) groups is 1. The van der Waals surface area contributed by atoms with Crippen molar-refractivity contribution in [3.05, 3.63) is 52.0 Å². The number of nitrogens with one attached hydrogen (secondary N) is 1. The molecule has 0 atom stereocenters. The van der Waals surface area contributed by atoms with Crippen molar-refractivity contribution in [3.63, 3.8) is 0 Å². The number of fused-ring (bicyclic) bond motifs is 1. The first-order valence-corrected chi connectivity index (χ1v) is 7.53. The highest BCUT2D eigenvalue weighted by atomic mass is 79.9. The van der Waals surface area contributed by atoms with Gasteiger partial charge in [0.25, 0.3) is 5.91 Å². The molecule has 6 nitrogen and oxygen atoms in total. The number of rotatable bonds is 4. The first-order chi connectivity index (χ1) is 11.2. The van der Waals surface area contributed by atoms with Gasteiger partial charge in [-0.3, -0.25) is 4.79 Å². The number of hydrogen-bond acceptors (Lipinski definition) is 5. The monoisotopic (exact) mass is 376 g/mol. The minimum Gasteiger partial charge on any atom is -0.497 e. The molecule has 0 radical (unpaired) electrons. The van der Waals surface area contributed by atoms with Gasteiger partial charge in [0, 0.05) is 15.6 Å². The van der Waals surface area contributed by atoms with Crippen molar-refractivity contribution in [1.29, 1.82) is 0 Å². The van der Waals surface area contributed by atoms with Gasteiger partial charge in [0.05, 0.1) is 13.3 Å². The quantitative estimate of drug-likeness (QED) is 0.657. The Morgan fingerprint density at radius 2 is 2.09 bits per heavy atom. The van der Waals surface area contributed by atoms with Crippen LogP contribution in [-0.2, 0) is 0 Å². The molecule has 2 aromatic rings. The minimum absolute atomic E-state index is 0.203. The van der Waals surface area contributed by atoms with Gasteiger partial charge in [-0.1, -0.05) is 6.07 Å². The summed E-state index contributed by atoms with van der Waals surface area (Å²) in [6, 6.07) is 10.4. The molecule has 0 saturated carbocycles. The van der Waals surface area contributed by atoms with Crippen molar-refractivity contribution in [1.82, 2.24) is 5.43 Å². The summed E-state index contributed by atoms with van der Waals surface area (Å²) in [5.41, 5.74) is 3.70. The number of hydrogen-bond donors (Lipinski definition) is 1. The average Bonchev–Trinajstić information content (AvgIpc) is 3.02. The zero-order chi connectivity index (χ0) is 16.2. The van der Waals surface area contributed by atoms with Crippen molar-refractivity contribution in [2.45, 2.75) is 0 Å². The number of benzene rings is 2. The Bertz CT molecular complexity index is 777. The van der Waals surface area contributed by atoms with Gasteiger partial charge in [-0.2, -0.15) is 5.10 Å². The van der Waals surface area contributed by atoms with Gasteiger partial charge >= 0.3 is 0 Å². The van der Waals surface area contributed by atoms with Crippen LogP contribution in [0.4, 0.5) is 0 Å². The van der Waals surface area contributed by atoms with Crippen LogP contribution in [0.3, 0.4) is 0 Å². The van der Waals surface area contributed by atoms with E-state index >= 15 is 0 Å². The number of halogens is 1. The average molecular weight is 377 g/mol. The van der Waals surface area contributed by atoms with E-state index in [9.17, 15) is 4.79 Å². The molecule has 1 amide bonds. The van der Waals surface area contributed by atoms with Crippen molar-refractivity contribution < 1.29 is 19.0 Å². The maximum Gasteiger partial charge on any atom is 0.271 e. The standard InChI is InChI=1S/C16H13BrN2O4/c1-21-12-4-2-3-10(5-12)16(20)19-18-8-11-6-14-15(7-13(11)17)23-9-22-14/h2-8H,9H2,1H3,(H,19,20). The van der Waals surface area contributed by atoms with E-state index in [1.54, 1.807) is 43.5 Å². The zero-order valence-electron chi connectivity index (χ0n) is 12.2. The Balaban J connectivity index is 1.70. The fraction of sp³-hybridized carbons (Fsp3) is 0.125. The van der Waals surface area contributed by atoms with Crippen LogP contribution in [0.5, 0.6) is 17.2 Å². The molecule has 3 rings (SSSR count). The van der Waals surface area contributed by atoms with Gasteiger partial charge < -0.3 is 14.2 Å². The number of hydrazone groups is 1. The van der Waals surface area contributed by atoms with E-state index in [-0.39, 0.29) is 12.7 Å². The molecule has 0 unspecified atom stereocenters.